The van der Waals surface area contributed by atoms with E-state index in [1.165, 1.54) is 14.9 Å². The van der Waals surface area contributed by atoms with Crippen molar-refractivity contribution in [3.63, 3.8) is 0 Å². The molecule has 3 aromatic carbocycles. The fraction of sp³-hybridized carbons (Fsp3) is 0.312. The molecule has 0 atom stereocenters. The number of nitrogens with two attached hydrogens (primary N) is 1. The van der Waals surface area contributed by atoms with Gasteiger partial charge in [-0.25, -0.2) is 8.42 Å². The number of nitrogen functional groups attached to an aromatic ring is 1. The Morgan fingerprint density at radius 3 is 2.07 bits per heavy atom. The first-order chi connectivity index (χ1) is 20.1. The second-order valence-electron chi connectivity index (χ2n) is 10.3. The molecule has 5 rings (SSSR count). The van der Waals surface area contributed by atoms with Crippen molar-refractivity contribution in [1.82, 2.24) is 9.21 Å². The van der Waals surface area contributed by atoms with Crippen LogP contribution in [0.15, 0.2) is 94.6 Å². The fourth-order valence-electron chi connectivity index (χ4n) is 4.77. The number of hydrogen-bond acceptors (Lipinski definition) is 7. The van der Waals surface area contributed by atoms with Crippen molar-refractivity contribution in [2.75, 3.05) is 49.3 Å². The molecule has 3 aromatic rings. The Kier molecular flexibility index (Phi) is 10.2. The fourth-order valence-corrected chi connectivity index (χ4v) is 6.19. The summed E-state index contributed by atoms with van der Waals surface area (Å²) < 4.78 is 27.4. The predicted octanol–water partition coefficient (Wildman–Crippen LogP) is 4.73. The van der Waals surface area contributed by atoms with Gasteiger partial charge in [0.2, 0.25) is 10.0 Å². The third kappa shape index (κ3) is 7.07. The number of rotatable bonds is 7. The Morgan fingerprint density at radius 1 is 0.881 bits per heavy atom. The maximum Gasteiger partial charge on any atom is 0.282 e. The molecule has 0 radical (unpaired) electrons. The summed E-state index contributed by atoms with van der Waals surface area (Å²) in [6, 6.07) is 22.2. The highest BCUT2D eigenvalue weighted by Gasteiger charge is 2.30. The maximum atomic E-state index is 13.0. The van der Waals surface area contributed by atoms with Crippen molar-refractivity contribution < 1.29 is 13.2 Å². The Hall–Kier alpha value is -3.99. The van der Waals surface area contributed by atoms with Gasteiger partial charge in [0.05, 0.1) is 21.9 Å². The van der Waals surface area contributed by atoms with E-state index < -0.39 is 10.0 Å². The third-order valence-electron chi connectivity index (χ3n) is 7.45. The first-order valence-corrected chi connectivity index (χ1v) is 15.7. The van der Waals surface area contributed by atoms with Gasteiger partial charge >= 0.3 is 0 Å². The lowest BCUT2D eigenvalue weighted by Gasteiger charge is -2.31. The Morgan fingerprint density at radius 2 is 1.48 bits per heavy atom. The molecule has 10 heteroatoms. The average molecular weight is 589 g/mol. The van der Waals surface area contributed by atoms with Gasteiger partial charge in [-0.05, 0) is 74.3 Å². The summed E-state index contributed by atoms with van der Waals surface area (Å²) in [5, 5.41) is 8.93. The molecular formula is C32H40N6O3S. The molecule has 0 saturated carbocycles. The minimum Gasteiger partial charge on any atom is -0.399 e. The van der Waals surface area contributed by atoms with Crippen molar-refractivity contribution in [3.05, 3.63) is 95.7 Å². The SMILES string of the molecule is CCc1ccccc1N.CCc1ccccc1NC=C1C(=O)N(c2ccc(S(=O)(=O)N3CCN(C)CC3)cc2)N=C1C. The van der Waals surface area contributed by atoms with Gasteiger partial charge in [0, 0.05) is 43.8 Å². The lowest BCUT2D eigenvalue weighted by molar-refractivity contribution is -0.114. The number of hydrazone groups is 1. The van der Waals surface area contributed by atoms with Crippen LogP contribution in [0.4, 0.5) is 17.1 Å². The molecule has 1 fully saturated rings. The highest BCUT2D eigenvalue weighted by atomic mass is 32.2. The van der Waals surface area contributed by atoms with Crippen molar-refractivity contribution in [3.8, 4) is 0 Å². The van der Waals surface area contributed by atoms with Gasteiger partial charge in [0.25, 0.3) is 5.91 Å². The van der Waals surface area contributed by atoms with E-state index in [1.54, 1.807) is 37.4 Å². The summed E-state index contributed by atoms with van der Waals surface area (Å²) in [5.41, 5.74) is 11.5. The number of anilines is 3. The molecule has 2 aliphatic heterocycles. The molecule has 2 aliphatic rings. The first kappa shape index (κ1) is 31.0. The van der Waals surface area contributed by atoms with E-state index in [4.69, 9.17) is 5.73 Å². The van der Waals surface area contributed by atoms with Crippen molar-refractivity contribution >= 4 is 38.7 Å². The van der Waals surface area contributed by atoms with Gasteiger partial charge in [-0.15, -0.1) is 0 Å². The number of likely N-dealkylation sites (N-methyl/N-ethyl adjacent to an activating group) is 1. The van der Waals surface area contributed by atoms with E-state index in [9.17, 15) is 13.2 Å². The third-order valence-corrected chi connectivity index (χ3v) is 9.36. The molecule has 0 aliphatic carbocycles. The number of carbonyl (C=O) groups is 1. The van der Waals surface area contributed by atoms with Crippen LogP contribution in [-0.4, -0.2) is 62.5 Å². The predicted molar refractivity (Wildman–Crippen MR) is 171 cm³/mol. The van der Waals surface area contributed by atoms with E-state index in [0.717, 1.165) is 29.8 Å². The number of piperazine rings is 1. The molecule has 0 unspecified atom stereocenters. The van der Waals surface area contributed by atoms with E-state index in [0.29, 0.717) is 43.2 Å². The number of nitrogens with one attached hydrogen (secondary N) is 1. The summed E-state index contributed by atoms with van der Waals surface area (Å²) in [7, 11) is -1.58. The molecule has 0 bridgehead atoms. The van der Waals surface area contributed by atoms with Gasteiger partial charge in [-0.3, -0.25) is 4.79 Å². The smallest absolute Gasteiger partial charge is 0.282 e. The summed E-state index contributed by atoms with van der Waals surface area (Å²) >= 11 is 0. The highest BCUT2D eigenvalue weighted by Crippen LogP contribution is 2.27. The van der Waals surface area contributed by atoms with Crippen LogP contribution in [0.2, 0.25) is 0 Å². The van der Waals surface area contributed by atoms with E-state index in [2.05, 4.69) is 35.2 Å². The zero-order valence-electron chi connectivity index (χ0n) is 24.7. The topological polar surface area (TPSA) is 111 Å². The molecule has 1 saturated heterocycles. The summed E-state index contributed by atoms with van der Waals surface area (Å²) in [4.78, 5) is 15.3. The minimum atomic E-state index is -3.56. The zero-order chi connectivity index (χ0) is 30.3. The van der Waals surface area contributed by atoms with Crippen LogP contribution < -0.4 is 16.1 Å². The van der Waals surface area contributed by atoms with Crippen molar-refractivity contribution in [1.29, 1.82) is 0 Å². The van der Waals surface area contributed by atoms with Gasteiger partial charge in [-0.1, -0.05) is 50.2 Å². The van der Waals surface area contributed by atoms with Crippen LogP contribution >= 0.6 is 0 Å². The van der Waals surface area contributed by atoms with E-state index >= 15 is 0 Å². The molecule has 0 aromatic heterocycles. The second kappa shape index (κ2) is 13.8. The Balaban J connectivity index is 0.000000385. The first-order valence-electron chi connectivity index (χ1n) is 14.2. The average Bonchev–Trinajstić information content (AvgIpc) is 3.29. The molecule has 9 nitrogen and oxygen atoms in total. The molecule has 2 heterocycles. The number of amides is 1. The number of benzene rings is 3. The molecule has 1 amide bonds. The lowest BCUT2D eigenvalue weighted by atomic mass is 10.1. The monoisotopic (exact) mass is 588 g/mol. The number of aryl methyl sites for hydroxylation is 2. The number of nitrogens with zero attached hydrogens (tertiary/aromatic N) is 4. The van der Waals surface area contributed by atoms with Crippen molar-refractivity contribution in [2.45, 2.75) is 38.5 Å². The number of sulfonamides is 1. The summed E-state index contributed by atoms with van der Waals surface area (Å²) in [6.07, 6.45) is 3.58. The van der Waals surface area contributed by atoms with Crippen LogP contribution in [0.1, 0.15) is 31.9 Å². The Labute approximate surface area is 249 Å². The normalized spacial score (nSPS) is 17.1. The van der Waals surface area contributed by atoms with Crippen LogP contribution in [-0.2, 0) is 27.7 Å². The van der Waals surface area contributed by atoms with Crippen LogP contribution in [0.3, 0.4) is 0 Å². The van der Waals surface area contributed by atoms with E-state index in [-0.39, 0.29) is 10.8 Å². The molecule has 0 spiro atoms. The summed E-state index contributed by atoms with van der Waals surface area (Å²) in [6.45, 7) is 8.32. The summed E-state index contributed by atoms with van der Waals surface area (Å²) in [5.74, 6) is -0.261. The quantitative estimate of drug-likeness (QED) is 0.305. The van der Waals surface area contributed by atoms with Crippen LogP contribution in [0.5, 0.6) is 0 Å². The number of carbonyl (C=O) groups excluding carboxylic acids is 1. The van der Waals surface area contributed by atoms with Crippen LogP contribution in [0, 0.1) is 0 Å². The number of para-hydroxylation sites is 2. The highest BCUT2D eigenvalue weighted by molar-refractivity contribution is 7.89. The zero-order valence-corrected chi connectivity index (χ0v) is 25.6. The maximum absolute atomic E-state index is 13.0. The largest absolute Gasteiger partial charge is 0.399 e. The molecule has 3 N–H and O–H groups in total. The van der Waals surface area contributed by atoms with Gasteiger partial charge < -0.3 is 16.0 Å². The molecule has 42 heavy (non-hydrogen) atoms. The Bertz CT molecular complexity index is 1560. The number of hydrogen-bond donors (Lipinski definition) is 2. The van der Waals surface area contributed by atoms with Gasteiger partial charge in [0.15, 0.2) is 0 Å². The standard InChI is InChI=1S/C24H29N5O3S.C8H11N/c1-4-19-7-5-6-8-23(19)25-17-22-18(2)26-29(24(22)30)20-9-11-21(12-10-20)33(31,32)28-15-13-27(3)14-16-28;1-2-7-5-3-4-6-8(7)9/h5-12,17,25H,4,13-16H2,1-3H3;3-6H,2,9H2,1H3. The van der Waals surface area contributed by atoms with Crippen molar-refractivity contribution in [2.24, 2.45) is 5.10 Å². The van der Waals surface area contributed by atoms with Gasteiger partial charge in [-0.2, -0.15) is 14.4 Å². The molecule has 222 valence electrons. The lowest BCUT2D eigenvalue weighted by Crippen LogP contribution is -2.47. The van der Waals surface area contributed by atoms with E-state index in [1.807, 2.05) is 49.5 Å². The van der Waals surface area contributed by atoms with Crippen LogP contribution in [0.25, 0.3) is 0 Å². The molecular weight excluding hydrogens is 548 g/mol. The minimum absolute atomic E-state index is 0.219. The second-order valence-corrected chi connectivity index (χ2v) is 12.2. The van der Waals surface area contributed by atoms with Gasteiger partial charge in [0.1, 0.15) is 0 Å².